The number of hydrogen-bond acceptors (Lipinski definition) is 0. The minimum absolute atomic E-state index is 0.932. The fourth-order valence-corrected chi connectivity index (χ4v) is 2.17. The van der Waals surface area contributed by atoms with Crippen LogP contribution in [0.4, 0.5) is 0 Å². The topological polar surface area (TPSA) is 0 Å². The zero-order chi connectivity index (χ0) is 10.7. The number of unbranched alkanes of at least 4 members (excludes halogenated alkanes) is 1. The quantitative estimate of drug-likeness (QED) is 0.692. The molecule has 0 unspecified atom stereocenters. The van der Waals surface area contributed by atoms with Gasteiger partial charge >= 0.3 is 0 Å². The van der Waals surface area contributed by atoms with Gasteiger partial charge in [0.05, 0.1) is 5.02 Å². The van der Waals surface area contributed by atoms with Crippen molar-refractivity contribution in [3.8, 4) is 0 Å². The predicted molar refractivity (Wildman–Crippen MR) is 67.6 cm³/mol. The van der Waals surface area contributed by atoms with E-state index in [1.807, 2.05) is 12.1 Å². The van der Waals surface area contributed by atoms with Crippen LogP contribution in [0.1, 0.15) is 25.3 Å². The highest BCUT2D eigenvalue weighted by Crippen LogP contribution is 2.28. The molecule has 0 aromatic heterocycles. The SMILES string of the molecule is CCCCc1ccc2ccccc2c1Cl. The van der Waals surface area contributed by atoms with E-state index >= 15 is 0 Å². The highest BCUT2D eigenvalue weighted by molar-refractivity contribution is 6.36. The summed E-state index contributed by atoms with van der Waals surface area (Å²) in [7, 11) is 0. The van der Waals surface area contributed by atoms with E-state index in [2.05, 4.69) is 31.2 Å². The molecule has 1 heteroatoms. The van der Waals surface area contributed by atoms with E-state index in [1.54, 1.807) is 0 Å². The maximum Gasteiger partial charge on any atom is 0.0516 e. The van der Waals surface area contributed by atoms with Crippen molar-refractivity contribution < 1.29 is 0 Å². The maximum absolute atomic E-state index is 6.38. The highest BCUT2D eigenvalue weighted by atomic mass is 35.5. The van der Waals surface area contributed by atoms with E-state index in [-0.39, 0.29) is 0 Å². The molecule has 0 aliphatic heterocycles. The number of benzene rings is 2. The number of rotatable bonds is 3. The summed E-state index contributed by atoms with van der Waals surface area (Å²) >= 11 is 6.38. The van der Waals surface area contributed by atoms with Crippen LogP contribution in [0.25, 0.3) is 10.8 Å². The molecule has 2 aromatic carbocycles. The Kier molecular flexibility index (Phi) is 3.27. The number of aryl methyl sites for hydroxylation is 1. The van der Waals surface area contributed by atoms with Crippen LogP contribution in [0.2, 0.25) is 5.02 Å². The summed E-state index contributed by atoms with van der Waals surface area (Å²) in [6.45, 7) is 2.20. The Hall–Kier alpha value is -1.01. The van der Waals surface area contributed by atoms with E-state index in [1.165, 1.54) is 29.2 Å². The van der Waals surface area contributed by atoms with Crippen molar-refractivity contribution in [2.75, 3.05) is 0 Å². The van der Waals surface area contributed by atoms with Crippen LogP contribution >= 0.6 is 11.6 Å². The third kappa shape index (κ3) is 2.15. The monoisotopic (exact) mass is 218 g/mol. The van der Waals surface area contributed by atoms with Crippen molar-refractivity contribution >= 4 is 22.4 Å². The lowest BCUT2D eigenvalue weighted by Crippen LogP contribution is -1.87. The molecule has 0 saturated heterocycles. The molecule has 0 nitrogen and oxygen atoms in total. The fourth-order valence-electron chi connectivity index (χ4n) is 1.84. The van der Waals surface area contributed by atoms with Crippen molar-refractivity contribution in [1.29, 1.82) is 0 Å². The zero-order valence-corrected chi connectivity index (χ0v) is 9.72. The second-order valence-corrected chi connectivity index (χ2v) is 4.24. The van der Waals surface area contributed by atoms with Crippen molar-refractivity contribution in [3.63, 3.8) is 0 Å². The Bertz CT molecular complexity index is 460. The molecule has 0 fully saturated rings. The molecule has 0 N–H and O–H groups in total. The first-order valence-corrected chi connectivity index (χ1v) is 5.87. The van der Waals surface area contributed by atoms with Crippen LogP contribution in [0.5, 0.6) is 0 Å². The Morgan fingerprint density at radius 2 is 1.87 bits per heavy atom. The lowest BCUT2D eigenvalue weighted by molar-refractivity contribution is 0.796. The zero-order valence-electron chi connectivity index (χ0n) is 8.96. The van der Waals surface area contributed by atoms with Crippen molar-refractivity contribution in [3.05, 3.63) is 47.0 Å². The van der Waals surface area contributed by atoms with Gasteiger partial charge in [0.25, 0.3) is 0 Å². The Morgan fingerprint density at radius 3 is 2.67 bits per heavy atom. The average Bonchev–Trinajstić information content (AvgIpc) is 2.29. The Labute approximate surface area is 95.9 Å². The number of hydrogen-bond donors (Lipinski definition) is 0. The van der Waals surface area contributed by atoms with Gasteiger partial charge in [-0.3, -0.25) is 0 Å². The van der Waals surface area contributed by atoms with E-state index < -0.39 is 0 Å². The molecular formula is C14H15Cl. The largest absolute Gasteiger partial charge is 0.0834 e. The molecule has 15 heavy (non-hydrogen) atoms. The third-order valence-electron chi connectivity index (χ3n) is 2.74. The first kappa shape index (κ1) is 10.5. The third-order valence-corrected chi connectivity index (χ3v) is 3.19. The van der Waals surface area contributed by atoms with Gasteiger partial charge in [-0.15, -0.1) is 0 Å². The van der Waals surface area contributed by atoms with E-state index in [0.717, 1.165) is 11.4 Å². The lowest BCUT2D eigenvalue weighted by Gasteiger charge is -2.06. The molecule has 0 heterocycles. The molecular weight excluding hydrogens is 204 g/mol. The fraction of sp³-hybridized carbons (Fsp3) is 0.286. The molecule has 0 bridgehead atoms. The van der Waals surface area contributed by atoms with Crippen LogP contribution < -0.4 is 0 Å². The molecule has 0 spiro atoms. The normalized spacial score (nSPS) is 10.8. The minimum atomic E-state index is 0.932. The van der Waals surface area contributed by atoms with Crippen molar-refractivity contribution in [1.82, 2.24) is 0 Å². The second kappa shape index (κ2) is 4.67. The molecule has 0 aliphatic rings. The summed E-state index contributed by atoms with van der Waals surface area (Å²) < 4.78 is 0. The molecule has 0 amide bonds. The molecule has 2 rings (SSSR count). The van der Waals surface area contributed by atoms with Gasteiger partial charge in [-0.1, -0.05) is 61.3 Å². The van der Waals surface area contributed by atoms with Gasteiger partial charge < -0.3 is 0 Å². The van der Waals surface area contributed by atoms with Gasteiger partial charge in [0.2, 0.25) is 0 Å². The molecule has 78 valence electrons. The van der Waals surface area contributed by atoms with Gasteiger partial charge in [-0.2, -0.15) is 0 Å². The molecule has 0 radical (unpaired) electrons. The number of halogens is 1. The Morgan fingerprint density at radius 1 is 1.07 bits per heavy atom. The van der Waals surface area contributed by atoms with Crippen LogP contribution in [-0.2, 0) is 6.42 Å². The van der Waals surface area contributed by atoms with Gasteiger partial charge in [-0.05, 0) is 23.8 Å². The van der Waals surface area contributed by atoms with Gasteiger partial charge in [-0.25, -0.2) is 0 Å². The van der Waals surface area contributed by atoms with Gasteiger partial charge in [0, 0.05) is 5.39 Å². The van der Waals surface area contributed by atoms with E-state index in [0.29, 0.717) is 0 Å². The van der Waals surface area contributed by atoms with E-state index in [4.69, 9.17) is 11.6 Å². The van der Waals surface area contributed by atoms with Crippen LogP contribution in [0.15, 0.2) is 36.4 Å². The van der Waals surface area contributed by atoms with Crippen LogP contribution in [0.3, 0.4) is 0 Å². The first-order chi connectivity index (χ1) is 7.33. The number of fused-ring (bicyclic) bond motifs is 1. The average molecular weight is 219 g/mol. The second-order valence-electron chi connectivity index (χ2n) is 3.86. The Balaban J connectivity index is 2.45. The lowest BCUT2D eigenvalue weighted by atomic mass is 10.0. The predicted octanol–water partition coefficient (Wildman–Crippen LogP) is 4.84. The van der Waals surface area contributed by atoms with Gasteiger partial charge in [0.1, 0.15) is 0 Å². The summed E-state index contributed by atoms with van der Waals surface area (Å²) in [5.74, 6) is 0. The van der Waals surface area contributed by atoms with Crippen LogP contribution in [0, 0.1) is 0 Å². The highest BCUT2D eigenvalue weighted by Gasteiger charge is 2.03. The first-order valence-electron chi connectivity index (χ1n) is 5.49. The van der Waals surface area contributed by atoms with Crippen LogP contribution in [-0.4, -0.2) is 0 Å². The summed E-state index contributed by atoms with van der Waals surface area (Å²) in [6.07, 6.45) is 3.50. The smallest absolute Gasteiger partial charge is 0.0516 e. The van der Waals surface area contributed by atoms with Gasteiger partial charge in [0.15, 0.2) is 0 Å². The summed E-state index contributed by atoms with van der Waals surface area (Å²) in [4.78, 5) is 0. The van der Waals surface area contributed by atoms with E-state index in [9.17, 15) is 0 Å². The summed E-state index contributed by atoms with van der Waals surface area (Å²) in [5.41, 5.74) is 1.28. The minimum Gasteiger partial charge on any atom is -0.0834 e. The molecule has 2 aromatic rings. The molecule has 0 aliphatic carbocycles. The maximum atomic E-state index is 6.38. The van der Waals surface area contributed by atoms with Crippen molar-refractivity contribution in [2.45, 2.75) is 26.2 Å². The summed E-state index contributed by atoms with van der Waals surface area (Å²) in [5, 5.41) is 3.33. The van der Waals surface area contributed by atoms with Crippen molar-refractivity contribution in [2.24, 2.45) is 0 Å². The summed E-state index contributed by atoms with van der Waals surface area (Å²) in [6, 6.07) is 12.6. The standard InChI is InChI=1S/C14H15Cl/c1-2-3-6-12-10-9-11-7-4-5-8-13(11)14(12)15/h4-5,7-10H,2-3,6H2,1H3. The molecule has 0 saturated carbocycles. The molecule has 0 atom stereocenters.